The van der Waals surface area contributed by atoms with E-state index in [1.54, 1.807) is 46.3 Å². The predicted molar refractivity (Wildman–Crippen MR) is 113 cm³/mol. The minimum atomic E-state index is -0.230. The summed E-state index contributed by atoms with van der Waals surface area (Å²) in [6, 6.07) is 14.0. The molecule has 0 aliphatic carbocycles. The van der Waals surface area contributed by atoms with E-state index in [1.807, 2.05) is 28.7 Å². The van der Waals surface area contributed by atoms with Crippen LogP contribution >= 0.6 is 23.5 Å². The van der Waals surface area contributed by atoms with E-state index in [4.69, 9.17) is 0 Å². The molecule has 5 nitrogen and oxygen atoms in total. The van der Waals surface area contributed by atoms with Gasteiger partial charge in [-0.2, -0.15) is 0 Å². The van der Waals surface area contributed by atoms with Crippen molar-refractivity contribution in [2.24, 2.45) is 0 Å². The molecule has 4 aromatic rings. The molecule has 0 spiro atoms. The number of thioether (sulfide) groups is 2. The Labute approximate surface area is 169 Å². The fourth-order valence-electron chi connectivity index (χ4n) is 2.94. The van der Waals surface area contributed by atoms with Gasteiger partial charge in [-0.3, -0.25) is 13.8 Å². The molecule has 0 saturated heterocycles. The highest BCUT2D eigenvalue weighted by Crippen LogP contribution is 2.24. The molecule has 0 bridgehead atoms. The first-order valence-electron chi connectivity index (χ1n) is 8.68. The SMILES string of the molecule is C=CCn1c(=O)c2ccccc2n2c(SCCSc3ccc(F)cc3)nnc12. The Morgan fingerprint density at radius 3 is 2.57 bits per heavy atom. The third kappa shape index (κ3) is 3.57. The van der Waals surface area contributed by atoms with Crippen LogP contribution in [0.4, 0.5) is 4.39 Å². The molecule has 0 atom stereocenters. The molecule has 28 heavy (non-hydrogen) atoms. The van der Waals surface area contributed by atoms with Crippen LogP contribution in [0.3, 0.4) is 0 Å². The van der Waals surface area contributed by atoms with Crippen LogP contribution in [0.2, 0.25) is 0 Å². The fraction of sp³-hybridized carbons (Fsp3) is 0.150. The Morgan fingerprint density at radius 1 is 1.04 bits per heavy atom. The van der Waals surface area contributed by atoms with Crippen LogP contribution in [0.25, 0.3) is 16.7 Å². The van der Waals surface area contributed by atoms with E-state index < -0.39 is 0 Å². The molecule has 2 aromatic carbocycles. The highest BCUT2D eigenvalue weighted by molar-refractivity contribution is 8.02. The number of hydrogen-bond donors (Lipinski definition) is 0. The van der Waals surface area contributed by atoms with Crippen molar-refractivity contribution in [3.05, 3.63) is 77.4 Å². The molecule has 0 N–H and O–H groups in total. The molecule has 2 aromatic heterocycles. The van der Waals surface area contributed by atoms with E-state index in [0.717, 1.165) is 27.1 Å². The van der Waals surface area contributed by atoms with Crippen LogP contribution in [-0.2, 0) is 6.54 Å². The van der Waals surface area contributed by atoms with Crippen LogP contribution in [0.1, 0.15) is 0 Å². The molecule has 0 fully saturated rings. The summed E-state index contributed by atoms with van der Waals surface area (Å²) in [6.07, 6.45) is 1.68. The molecule has 0 unspecified atom stereocenters. The second-order valence-corrected chi connectivity index (χ2v) is 8.22. The molecular weight excluding hydrogens is 395 g/mol. The Hall–Kier alpha value is -2.58. The summed E-state index contributed by atoms with van der Waals surface area (Å²) in [5, 5.41) is 9.93. The summed E-state index contributed by atoms with van der Waals surface area (Å²) in [6.45, 7) is 4.11. The van der Waals surface area contributed by atoms with E-state index in [0.29, 0.717) is 17.7 Å². The number of aromatic nitrogens is 4. The van der Waals surface area contributed by atoms with Gasteiger partial charge in [-0.05, 0) is 36.4 Å². The molecule has 0 radical (unpaired) electrons. The molecule has 8 heteroatoms. The summed E-state index contributed by atoms with van der Waals surface area (Å²) in [7, 11) is 0. The summed E-state index contributed by atoms with van der Waals surface area (Å²) in [5.41, 5.74) is 0.695. The summed E-state index contributed by atoms with van der Waals surface area (Å²) < 4.78 is 16.5. The van der Waals surface area contributed by atoms with Crippen LogP contribution in [0.15, 0.2) is 76.0 Å². The maximum Gasteiger partial charge on any atom is 0.263 e. The summed E-state index contributed by atoms with van der Waals surface area (Å²) >= 11 is 3.24. The first-order chi connectivity index (χ1) is 13.7. The number of benzene rings is 2. The largest absolute Gasteiger partial charge is 0.272 e. The Kier molecular flexibility index (Phi) is 5.50. The van der Waals surface area contributed by atoms with E-state index >= 15 is 0 Å². The van der Waals surface area contributed by atoms with Crippen molar-refractivity contribution in [3.63, 3.8) is 0 Å². The number of para-hydroxylation sites is 1. The Morgan fingerprint density at radius 2 is 1.79 bits per heavy atom. The lowest BCUT2D eigenvalue weighted by Gasteiger charge is -2.09. The predicted octanol–water partition coefficient (Wildman–Crippen LogP) is 4.25. The number of halogens is 1. The lowest BCUT2D eigenvalue weighted by atomic mass is 10.2. The lowest BCUT2D eigenvalue weighted by Crippen LogP contribution is -2.22. The van der Waals surface area contributed by atoms with Crippen LogP contribution < -0.4 is 5.56 Å². The number of hydrogen-bond acceptors (Lipinski definition) is 5. The van der Waals surface area contributed by atoms with Gasteiger partial charge in [0.15, 0.2) is 5.16 Å². The van der Waals surface area contributed by atoms with E-state index in [-0.39, 0.29) is 11.4 Å². The monoisotopic (exact) mass is 412 g/mol. The lowest BCUT2D eigenvalue weighted by molar-refractivity contribution is 0.626. The maximum atomic E-state index is 13.0. The van der Waals surface area contributed by atoms with Crippen LogP contribution in [0.5, 0.6) is 0 Å². The topological polar surface area (TPSA) is 52.2 Å². The smallest absolute Gasteiger partial charge is 0.263 e. The summed E-state index contributed by atoms with van der Waals surface area (Å²) in [4.78, 5) is 13.8. The molecule has 4 rings (SSSR count). The minimum absolute atomic E-state index is 0.0983. The second-order valence-electron chi connectivity index (χ2n) is 5.99. The zero-order valence-corrected chi connectivity index (χ0v) is 16.5. The van der Waals surface area contributed by atoms with Gasteiger partial charge < -0.3 is 0 Å². The molecule has 0 amide bonds. The first-order valence-corrected chi connectivity index (χ1v) is 10.6. The van der Waals surface area contributed by atoms with Crippen molar-refractivity contribution in [2.45, 2.75) is 16.6 Å². The van der Waals surface area contributed by atoms with E-state index in [9.17, 15) is 9.18 Å². The quantitative estimate of drug-likeness (QED) is 0.258. The van der Waals surface area contributed by atoms with Gasteiger partial charge in [0.25, 0.3) is 5.56 Å². The molecule has 2 heterocycles. The average molecular weight is 413 g/mol. The fourth-order valence-corrected chi connectivity index (χ4v) is 4.77. The van der Waals surface area contributed by atoms with Gasteiger partial charge in [0, 0.05) is 22.9 Å². The Balaban J connectivity index is 1.62. The zero-order valence-electron chi connectivity index (χ0n) is 14.9. The number of rotatable bonds is 7. The molecule has 0 saturated carbocycles. The standard InChI is InChI=1S/C20H17FN4OS2/c1-2-11-24-18(26)16-5-3-4-6-17(16)25-19(24)22-23-20(25)28-13-12-27-15-9-7-14(21)8-10-15/h2-10H,1,11-13H2. The van der Waals surface area contributed by atoms with Gasteiger partial charge in [-0.25, -0.2) is 4.39 Å². The average Bonchev–Trinajstić information content (AvgIpc) is 3.14. The number of nitrogens with zero attached hydrogens (tertiary/aromatic N) is 4. The van der Waals surface area contributed by atoms with Crippen molar-refractivity contribution in [1.82, 2.24) is 19.2 Å². The van der Waals surface area contributed by atoms with Crippen molar-refractivity contribution < 1.29 is 4.39 Å². The van der Waals surface area contributed by atoms with Crippen molar-refractivity contribution in [2.75, 3.05) is 11.5 Å². The second kappa shape index (κ2) is 8.20. The maximum absolute atomic E-state index is 13.0. The highest BCUT2D eigenvalue weighted by atomic mass is 32.2. The molecule has 0 aliphatic heterocycles. The van der Waals surface area contributed by atoms with Crippen molar-refractivity contribution in [1.29, 1.82) is 0 Å². The molecule has 0 aliphatic rings. The number of allylic oxidation sites excluding steroid dienone is 1. The normalized spacial score (nSPS) is 11.3. The third-order valence-electron chi connectivity index (χ3n) is 4.19. The van der Waals surface area contributed by atoms with Crippen LogP contribution in [0, 0.1) is 5.82 Å². The van der Waals surface area contributed by atoms with Crippen molar-refractivity contribution in [3.8, 4) is 0 Å². The first kappa shape index (κ1) is 18.8. The van der Waals surface area contributed by atoms with Crippen molar-refractivity contribution >= 4 is 40.2 Å². The van der Waals surface area contributed by atoms with E-state index in [1.165, 1.54) is 12.1 Å². The van der Waals surface area contributed by atoms with Gasteiger partial charge >= 0.3 is 0 Å². The van der Waals surface area contributed by atoms with Gasteiger partial charge in [0.1, 0.15) is 5.82 Å². The summed E-state index contributed by atoms with van der Waals surface area (Å²) in [5.74, 6) is 1.93. The van der Waals surface area contributed by atoms with E-state index in [2.05, 4.69) is 16.8 Å². The third-order valence-corrected chi connectivity index (χ3v) is 6.39. The van der Waals surface area contributed by atoms with Crippen LogP contribution in [-0.4, -0.2) is 30.7 Å². The molecular formula is C20H17FN4OS2. The number of fused-ring (bicyclic) bond motifs is 3. The Bertz CT molecular complexity index is 1200. The highest BCUT2D eigenvalue weighted by Gasteiger charge is 2.15. The van der Waals surface area contributed by atoms with Gasteiger partial charge in [-0.15, -0.1) is 28.5 Å². The van der Waals surface area contributed by atoms with Gasteiger partial charge in [-0.1, -0.05) is 30.0 Å². The minimum Gasteiger partial charge on any atom is -0.272 e. The van der Waals surface area contributed by atoms with Gasteiger partial charge in [0.05, 0.1) is 10.9 Å². The molecule has 142 valence electrons. The van der Waals surface area contributed by atoms with Gasteiger partial charge in [0.2, 0.25) is 5.78 Å². The zero-order chi connectivity index (χ0) is 19.5.